The monoisotopic (exact) mass is 289 g/mol. The van der Waals surface area contributed by atoms with E-state index in [1.807, 2.05) is 6.92 Å². The van der Waals surface area contributed by atoms with E-state index >= 15 is 0 Å². The van der Waals surface area contributed by atoms with Crippen LogP contribution in [0.4, 0.5) is 0 Å². The van der Waals surface area contributed by atoms with E-state index in [4.69, 9.17) is 4.74 Å². The van der Waals surface area contributed by atoms with Crippen LogP contribution >= 0.6 is 0 Å². The van der Waals surface area contributed by atoms with Crippen molar-refractivity contribution in [3.8, 4) is 0 Å². The zero-order valence-electron chi connectivity index (χ0n) is 13.2. The summed E-state index contributed by atoms with van der Waals surface area (Å²) in [6.45, 7) is 9.32. The smallest absolute Gasteiger partial charge is 0.194 e. The third-order valence-electron chi connectivity index (χ3n) is 3.79. The molecule has 0 amide bonds. The number of nitrogens with zero attached hydrogens (tertiary/aromatic N) is 2. The van der Waals surface area contributed by atoms with E-state index in [1.54, 1.807) is 0 Å². The fourth-order valence-electron chi connectivity index (χ4n) is 2.74. The maximum Gasteiger partial charge on any atom is 0.194 e. The summed E-state index contributed by atoms with van der Waals surface area (Å²) >= 11 is 0. The Balaban J connectivity index is 1.92. The summed E-state index contributed by atoms with van der Waals surface area (Å²) in [6.07, 6.45) is 1.19. The lowest BCUT2D eigenvalue weighted by atomic mass is 9.99. The van der Waals surface area contributed by atoms with Gasteiger partial charge in [-0.3, -0.25) is 4.99 Å². The molecule has 0 spiro atoms. The van der Waals surface area contributed by atoms with E-state index in [2.05, 4.69) is 52.5 Å². The number of benzene rings is 1. The SMILES string of the molecule is CCNC(=NCCOCC)N1CCC(c2ccccc2)C1. The zero-order valence-corrected chi connectivity index (χ0v) is 13.2. The minimum atomic E-state index is 0.613. The largest absolute Gasteiger partial charge is 0.380 e. The summed E-state index contributed by atoms with van der Waals surface area (Å²) < 4.78 is 5.36. The van der Waals surface area contributed by atoms with Crippen LogP contribution in [-0.2, 0) is 4.74 Å². The van der Waals surface area contributed by atoms with Crippen LogP contribution in [0.3, 0.4) is 0 Å². The molecule has 0 aliphatic carbocycles. The Bertz CT molecular complexity index is 433. The van der Waals surface area contributed by atoms with Crippen LogP contribution in [0.15, 0.2) is 35.3 Å². The van der Waals surface area contributed by atoms with Crippen LogP contribution in [-0.4, -0.2) is 50.3 Å². The molecular formula is C17H27N3O. The Labute approximate surface area is 128 Å². The standard InChI is InChI=1S/C17H27N3O/c1-3-18-17(19-11-13-21-4-2)20-12-10-16(14-20)15-8-6-5-7-9-15/h5-9,16H,3-4,10-14H2,1-2H3,(H,18,19). The van der Waals surface area contributed by atoms with E-state index in [9.17, 15) is 0 Å². The van der Waals surface area contributed by atoms with Gasteiger partial charge in [0, 0.05) is 32.2 Å². The molecule has 1 aromatic rings. The van der Waals surface area contributed by atoms with E-state index in [1.165, 1.54) is 12.0 Å². The predicted octanol–water partition coefficient (Wildman–Crippen LogP) is 2.48. The first-order chi connectivity index (χ1) is 10.3. The molecule has 0 saturated carbocycles. The van der Waals surface area contributed by atoms with Crippen LogP contribution in [0, 0.1) is 0 Å². The summed E-state index contributed by atoms with van der Waals surface area (Å²) in [7, 11) is 0. The molecular weight excluding hydrogens is 262 g/mol. The number of ether oxygens (including phenoxy) is 1. The van der Waals surface area contributed by atoms with Crippen LogP contribution in [0.5, 0.6) is 0 Å². The van der Waals surface area contributed by atoms with Crippen molar-refractivity contribution in [3.05, 3.63) is 35.9 Å². The van der Waals surface area contributed by atoms with Gasteiger partial charge in [-0.05, 0) is 25.8 Å². The average Bonchev–Trinajstić information content (AvgIpc) is 3.01. The van der Waals surface area contributed by atoms with Gasteiger partial charge >= 0.3 is 0 Å². The Morgan fingerprint density at radius 2 is 2.14 bits per heavy atom. The van der Waals surface area contributed by atoms with Crippen molar-refractivity contribution < 1.29 is 4.74 Å². The molecule has 0 radical (unpaired) electrons. The molecule has 116 valence electrons. The fourth-order valence-corrected chi connectivity index (χ4v) is 2.74. The first-order valence-corrected chi connectivity index (χ1v) is 8.01. The van der Waals surface area contributed by atoms with Crippen molar-refractivity contribution in [1.82, 2.24) is 10.2 Å². The molecule has 2 rings (SSSR count). The Kier molecular flexibility index (Phi) is 6.54. The predicted molar refractivity (Wildman–Crippen MR) is 87.8 cm³/mol. The van der Waals surface area contributed by atoms with E-state index in [-0.39, 0.29) is 0 Å². The number of hydrogen-bond acceptors (Lipinski definition) is 2. The first kappa shape index (κ1) is 15.8. The summed E-state index contributed by atoms with van der Waals surface area (Å²) in [5, 5.41) is 3.39. The zero-order chi connectivity index (χ0) is 14.9. The lowest BCUT2D eigenvalue weighted by Crippen LogP contribution is -2.40. The van der Waals surface area contributed by atoms with Gasteiger partial charge in [0.2, 0.25) is 0 Å². The highest BCUT2D eigenvalue weighted by Gasteiger charge is 2.25. The van der Waals surface area contributed by atoms with Gasteiger partial charge in [-0.1, -0.05) is 30.3 Å². The van der Waals surface area contributed by atoms with Crippen LogP contribution < -0.4 is 5.32 Å². The maximum atomic E-state index is 5.36. The van der Waals surface area contributed by atoms with Crippen LogP contribution in [0.1, 0.15) is 31.7 Å². The van der Waals surface area contributed by atoms with Crippen molar-refractivity contribution in [2.45, 2.75) is 26.2 Å². The van der Waals surface area contributed by atoms with Crippen LogP contribution in [0.2, 0.25) is 0 Å². The summed E-state index contributed by atoms with van der Waals surface area (Å²) in [6, 6.07) is 10.8. The van der Waals surface area contributed by atoms with Crippen molar-refractivity contribution in [1.29, 1.82) is 0 Å². The van der Waals surface area contributed by atoms with Crippen molar-refractivity contribution in [3.63, 3.8) is 0 Å². The number of likely N-dealkylation sites (tertiary alicyclic amines) is 1. The lowest BCUT2D eigenvalue weighted by molar-refractivity contribution is 0.155. The van der Waals surface area contributed by atoms with E-state index < -0.39 is 0 Å². The molecule has 1 aliphatic rings. The van der Waals surface area contributed by atoms with E-state index in [0.717, 1.165) is 38.7 Å². The Morgan fingerprint density at radius 1 is 1.33 bits per heavy atom. The molecule has 21 heavy (non-hydrogen) atoms. The molecule has 1 aromatic carbocycles. The van der Waals surface area contributed by atoms with Gasteiger partial charge in [-0.2, -0.15) is 0 Å². The van der Waals surface area contributed by atoms with E-state index in [0.29, 0.717) is 12.5 Å². The Morgan fingerprint density at radius 3 is 2.86 bits per heavy atom. The minimum Gasteiger partial charge on any atom is -0.380 e. The molecule has 1 atom stereocenters. The first-order valence-electron chi connectivity index (χ1n) is 8.01. The highest BCUT2D eigenvalue weighted by molar-refractivity contribution is 5.80. The normalized spacial score (nSPS) is 19.0. The summed E-state index contributed by atoms with van der Waals surface area (Å²) in [4.78, 5) is 7.04. The second-order valence-electron chi connectivity index (χ2n) is 5.27. The van der Waals surface area contributed by atoms with Crippen molar-refractivity contribution in [2.24, 2.45) is 4.99 Å². The van der Waals surface area contributed by atoms with Gasteiger partial charge < -0.3 is 15.0 Å². The number of hydrogen-bond donors (Lipinski definition) is 1. The summed E-state index contributed by atoms with van der Waals surface area (Å²) in [5.41, 5.74) is 1.44. The molecule has 1 N–H and O–H groups in total. The highest BCUT2D eigenvalue weighted by Crippen LogP contribution is 2.26. The summed E-state index contributed by atoms with van der Waals surface area (Å²) in [5.74, 6) is 1.64. The molecule has 1 unspecified atom stereocenters. The second kappa shape index (κ2) is 8.67. The van der Waals surface area contributed by atoms with Gasteiger partial charge in [-0.15, -0.1) is 0 Å². The molecule has 4 nitrogen and oxygen atoms in total. The van der Waals surface area contributed by atoms with Crippen molar-refractivity contribution >= 4 is 5.96 Å². The quantitative estimate of drug-likeness (QED) is 0.496. The molecule has 1 saturated heterocycles. The number of rotatable bonds is 6. The van der Waals surface area contributed by atoms with Gasteiger partial charge in [0.25, 0.3) is 0 Å². The third-order valence-corrected chi connectivity index (χ3v) is 3.79. The molecule has 1 heterocycles. The van der Waals surface area contributed by atoms with Gasteiger partial charge in [0.1, 0.15) is 0 Å². The highest BCUT2D eigenvalue weighted by atomic mass is 16.5. The average molecular weight is 289 g/mol. The maximum absolute atomic E-state index is 5.36. The van der Waals surface area contributed by atoms with Gasteiger partial charge in [-0.25, -0.2) is 0 Å². The molecule has 1 aliphatic heterocycles. The third kappa shape index (κ3) is 4.74. The number of aliphatic imine (C=N–C) groups is 1. The molecule has 1 fully saturated rings. The van der Waals surface area contributed by atoms with Crippen LogP contribution in [0.25, 0.3) is 0 Å². The second-order valence-corrected chi connectivity index (χ2v) is 5.27. The van der Waals surface area contributed by atoms with Gasteiger partial charge in [0.15, 0.2) is 5.96 Å². The number of nitrogens with one attached hydrogen (secondary N) is 1. The lowest BCUT2D eigenvalue weighted by Gasteiger charge is -2.21. The molecule has 4 heteroatoms. The number of guanidine groups is 1. The fraction of sp³-hybridized carbons (Fsp3) is 0.588. The molecule has 0 aromatic heterocycles. The minimum absolute atomic E-state index is 0.613. The topological polar surface area (TPSA) is 36.9 Å². The molecule has 0 bridgehead atoms. The van der Waals surface area contributed by atoms with Gasteiger partial charge in [0.05, 0.1) is 13.2 Å². The Hall–Kier alpha value is -1.55. The van der Waals surface area contributed by atoms with Crippen molar-refractivity contribution in [2.75, 3.05) is 39.4 Å².